The van der Waals surface area contributed by atoms with Crippen molar-refractivity contribution in [1.82, 2.24) is 30.6 Å². The van der Waals surface area contributed by atoms with Gasteiger partial charge in [-0.15, -0.1) is 0 Å². The van der Waals surface area contributed by atoms with Crippen molar-refractivity contribution in [3.8, 4) is 0 Å². The molecule has 2 N–H and O–H groups in total. The lowest BCUT2D eigenvalue weighted by molar-refractivity contribution is -0.137. The van der Waals surface area contributed by atoms with E-state index in [1.54, 1.807) is 49.7 Å². The van der Waals surface area contributed by atoms with Crippen LogP contribution in [0.3, 0.4) is 0 Å². The van der Waals surface area contributed by atoms with Crippen LogP contribution in [0.2, 0.25) is 0 Å². The molecule has 0 bridgehead atoms. The van der Waals surface area contributed by atoms with Crippen molar-refractivity contribution in [3.05, 3.63) is 142 Å². The van der Waals surface area contributed by atoms with Crippen molar-refractivity contribution in [3.63, 3.8) is 0 Å². The normalized spacial score (nSPS) is 14.9. The molecule has 6 aromatic rings. The van der Waals surface area contributed by atoms with E-state index in [1.807, 2.05) is 32.0 Å². The number of hydrogen-bond donors (Lipinski definition) is 2. The van der Waals surface area contributed by atoms with Crippen molar-refractivity contribution >= 4 is 45.1 Å². The number of carbonyl (C=O) groups excluding carboxylic acids is 2. The second-order valence-electron chi connectivity index (χ2n) is 14.8. The van der Waals surface area contributed by atoms with Crippen LogP contribution in [0.25, 0.3) is 27.6 Å². The van der Waals surface area contributed by atoms with Crippen molar-refractivity contribution < 1.29 is 27.5 Å². The fraction of sp³-hybridized carbons (Fsp3) is 0.304. The van der Waals surface area contributed by atoms with Crippen molar-refractivity contribution in [2.24, 2.45) is 0 Å². The van der Waals surface area contributed by atoms with E-state index in [0.717, 1.165) is 30.1 Å². The maximum atomic E-state index is 13.7. The van der Waals surface area contributed by atoms with Crippen LogP contribution in [0.5, 0.6) is 0 Å². The van der Waals surface area contributed by atoms with E-state index in [2.05, 4.69) is 59.7 Å². The highest BCUT2D eigenvalue weighted by Gasteiger charge is 2.34. The summed E-state index contributed by atoms with van der Waals surface area (Å²) in [4.78, 5) is 45.1. The van der Waals surface area contributed by atoms with E-state index in [4.69, 9.17) is 4.74 Å². The summed E-state index contributed by atoms with van der Waals surface area (Å²) >= 11 is 0. The molecule has 59 heavy (non-hydrogen) atoms. The topological polar surface area (TPSA) is 122 Å². The minimum absolute atomic E-state index is 0.0329. The first kappa shape index (κ1) is 41.0. The van der Waals surface area contributed by atoms with Gasteiger partial charge in [0.2, 0.25) is 0 Å². The number of aromatic nitrogens is 4. The minimum Gasteiger partial charge on any atom is -0.377 e. The number of halogens is 3. The van der Waals surface area contributed by atoms with Gasteiger partial charge in [-0.25, -0.2) is 19.9 Å². The number of nitrogens with zero attached hydrogens (tertiary/aromatic N) is 5. The molecule has 8 rings (SSSR count). The smallest absolute Gasteiger partial charge is 0.377 e. The van der Waals surface area contributed by atoms with Gasteiger partial charge in [0.1, 0.15) is 0 Å². The van der Waals surface area contributed by atoms with Gasteiger partial charge < -0.3 is 20.3 Å². The summed E-state index contributed by atoms with van der Waals surface area (Å²) < 4.78 is 46.3. The van der Waals surface area contributed by atoms with Crippen LogP contribution in [-0.4, -0.2) is 58.1 Å². The second kappa shape index (κ2) is 18.2. The van der Waals surface area contributed by atoms with Crippen LogP contribution < -0.4 is 15.5 Å². The van der Waals surface area contributed by atoms with Crippen LogP contribution in [0.4, 0.5) is 18.9 Å². The first-order valence-corrected chi connectivity index (χ1v) is 19.8. The highest BCUT2D eigenvalue weighted by molar-refractivity contribution is 5.99. The van der Waals surface area contributed by atoms with E-state index in [1.165, 1.54) is 31.0 Å². The molecule has 304 valence electrons. The number of ether oxygens (including phenoxy) is 1. The lowest BCUT2D eigenvalue weighted by Crippen LogP contribution is -2.29. The summed E-state index contributed by atoms with van der Waals surface area (Å²) in [6.07, 6.45) is 4.81. The van der Waals surface area contributed by atoms with E-state index in [0.29, 0.717) is 70.0 Å². The number of anilines is 1. The zero-order valence-electron chi connectivity index (χ0n) is 33.3. The quantitative estimate of drug-likeness (QED) is 0.156. The Morgan fingerprint density at radius 2 is 1.44 bits per heavy atom. The average Bonchev–Trinajstić information content (AvgIpc) is 3.25. The number of carbonyl (C=O) groups is 2. The zero-order valence-corrected chi connectivity index (χ0v) is 33.3. The fourth-order valence-corrected chi connectivity index (χ4v) is 7.40. The summed E-state index contributed by atoms with van der Waals surface area (Å²) in [6, 6.07) is 23.5. The van der Waals surface area contributed by atoms with Crippen LogP contribution in [0.1, 0.15) is 93.0 Å². The van der Waals surface area contributed by atoms with Gasteiger partial charge >= 0.3 is 6.18 Å². The molecule has 4 aromatic heterocycles. The van der Waals surface area contributed by atoms with Gasteiger partial charge in [0.15, 0.2) is 11.3 Å². The number of hydrogen-bond acceptors (Lipinski definition) is 8. The summed E-state index contributed by atoms with van der Waals surface area (Å²) in [5, 5.41) is 7.39. The highest BCUT2D eigenvalue weighted by atomic mass is 19.4. The van der Waals surface area contributed by atoms with E-state index < -0.39 is 17.6 Å². The monoisotopic (exact) mass is 801 g/mol. The van der Waals surface area contributed by atoms with Gasteiger partial charge in [-0.1, -0.05) is 30.3 Å². The number of amides is 2. The molecule has 2 aliphatic heterocycles. The first-order chi connectivity index (χ1) is 28.4. The maximum Gasteiger partial charge on any atom is 0.417 e. The number of alkyl halides is 3. The highest BCUT2D eigenvalue weighted by Crippen LogP contribution is 2.37. The Hall–Kier alpha value is -6.21. The molecule has 0 saturated carbocycles. The number of piperidine rings is 1. The molecule has 0 spiro atoms. The molecule has 1 fully saturated rings. The number of fused-ring (bicyclic) bond motifs is 2. The van der Waals surface area contributed by atoms with E-state index >= 15 is 0 Å². The largest absolute Gasteiger partial charge is 0.417 e. The van der Waals surface area contributed by atoms with Gasteiger partial charge in [-0.05, 0) is 123 Å². The van der Waals surface area contributed by atoms with E-state index in [-0.39, 0.29) is 24.1 Å². The van der Waals surface area contributed by atoms with Gasteiger partial charge in [0, 0.05) is 48.5 Å². The fourth-order valence-electron chi connectivity index (χ4n) is 7.40. The number of nitrogens with one attached hydrogen (secondary N) is 2. The molecular formula is C46H46F3N7O3. The number of aryl methyl sites for hydroxylation is 2. The second-order valence-corrected chi connectivity index (χ2v) is 14.8. The third-order valence-electron chi connectivity index (χ3n) is 10.7. The Morgan fingerprint density at radius 3 is 2.03 bits per heavy atom. The molecule has 0 unspecified atom stereocenters. The van der Waals surface area contributed by atoms with Crippen LogP contribution >= 0.6 is 0 Å². The predicted molar refractivity (Wildman–Crippen MR) is 223 cm³/mol. The van der Waals surface area contributed by atoms with Crippen LogP contribution in [-0.2, 0) is 17.5 Å². The Labute approximate surface area is 341 Å². The molecule has 0 aliphatic carbocycles. The molecule has 2 amide bonds. The first-order valence-electron chi connectivity index (χ1n) is 19.8. The van der Waals surface area contributed by atoms with Gasteiger partial charge in [0.05, 0.1) is 47.3 Å². The molecule has 0 radical (unpaired) electrons. The van der Waals surface area contributed by atoms with Crippen LogP contribution in [0, 0.1) is 13.8 Å². The third kappa shape index (κ3) is 9.92. The zero-order chi connectivity index (χ0) is 41.5. The summed E-state index contributed by atoms with van der Waals surface area (Å²) in [6.45, 7) is 8.49. The molecule has 6 heterocycles. The van der Waals surface area contributed by atoms with Gasteiger partial charge in [-0.3, -0.25) is 9.59 Å². The molecule has 2 aromatic carbocycles. The van der Waals surface area contributed by atoms with Crippen LogP contribution in [0.15, 0.2) is 97.3 Å². The van der Waals surface area contributed by atoms with Gasteiger partial charge in [-0.2, -0.15) is 13.2 Å². The summed E-state index contributed by atoms with van der Waals surface area (Å²) in [5.41, 5.74) is 6.16. The number of pyridine rings is 4. The Morgan fingerprint density at radius 1 is 0.814 bits per heavy atom. The third-order valence-corrected chi connectivity index (χ3v) is 10.7. The van der Waals surface area contributed by atoms with Crippen molar-refractivity contribution in [2.45, 2.75) is 65.2 Å². The van der Waals surface area contributed by atoms with Crippen molar-refractivity contribution in [2.75, 3.05) is 31.2 Å². The van der Waals surface area contributed by atoms with Gasteiger partial charge in [0.25, 0.3) is 11.8 Å². The Bertz CT molecular complexity index is 2500. The lowest BCUT2D eigenvalue weighted by Gasteiger charge is -2.29. The number of rotatable bonds is 8. The lowest BCUT2D eigenvalue weighted by atomic mass is 9.94. The minimum atomic E-state index is -4.50. The molecule has 10 nitrogen and oxygen atoms in total. The molecule has 13 heteroatoms. The molecule has 1 atom stereocenters. The predicted octanol–water partition coefficient (Wildman–Crippen LogP) is 9.11. The Kier molecular flexibility index (Phi) is 12.6. The standard InChI is InChI=1S/C23H20F3N3O2.C23H26N4O/c1-14-19(12-17-3-2-8-27-21(17)29-14)22(30)28-13-15-4-5-18(16-6-9-31-10-7-16)20(11-15)23(24,25)26;1-16(18-8-10-20(11-9-18)27-13-4-3-5-14-27)26-23(28)21-15-19-7-6-12-24-22(19)25-17(21)2/h2-6,8,11-12H,7,9-10,13H2,1H3,(H,28,30);6-12,15-16H,3-5,13-14H2,1-2H3,(H,26,28)/t;16-/m.0/s1. The average molecular weight is 802 g/mol. The van der Waals surface area contributed by atoms with E-state index in [9.17, 15) is 22.8 Å². The Balaban J connectivity index is 0.000000180. The SMILES string of the molecule is Cc1nc2ncccc2cc1C(=O)NCc1ccc(C2=CCOCC2)c(C(F)(F)F)c1.Cc1nc2ncccc2cc1C(=O)N[C@@H](C)c1ccc(N2CCCCC2)cc1. The number of benzene rings is 2. The van der Waals surface area contributed by atoms with Crippen molar-refractivity contribution in [1.29, 1.82) is 0 Å². The molecular weight excluding hydrogens is 756 g/mol. The summed E-state index contributed by atoms with van der Waals surface area (Å²) in [5.74, 6) is -0.510. The maximum absolute atomic E-state index is 13.7. The molecule has 2 aliphatic rings. The molecule has 1 saturated heterocycles. The summed E-state index contributed by atoms with van der Waals surface area (Å²) in [7, 11) is 0.